The standard InChI is InChI=1S/C15H27N3O/c16-15(6-2-1-3-7-15)11-14(19)18-10-9-17-8-4-5-13(17)12-18/h13H,1-12,16H2. The van der Waals surface area contributed by atoms with E-state index in [-0.39, 0.29) is 5.54 Å². The molecule has 0 aromatic heterocycles. The Bertz CT molecular complexity index is 338. The van der Waals surface area contributed by atoms with Gasteiger partial charge in [0.25, 0.3) is 0 Å². The van der Waals surface area contributed by atoms with Gasteiger partial charge in [-0.1, -0.05) is 19.3 Å². The minimum absolute atomic E-state index is 0.206. The van der Waals surface area contributed by atoms with Crippen LogP contribution in [0.4, 0.5) is 0 Å². The normalized spacial score (nSPS) is 31.2. The van der Waals surface area contributed by atoms with E-state index < -0.39 is 0 Å². The second-order valence-electron chi connectivity index (χ2n) is 6.77. The third-order valence-corrected chi connectivity index (χ3v) is 5.29. The van der Waals surface area contributed by atoms with Crippen molar-refractivity contribution >= 4 is 5.91 Å². The summed E-state index contributed by atoms with van der Waals surface area (Å²) in [5.41, 5.74) is 6.21. The summed E-state index contributed by atoms with van der Waals surface area (Å²) in [4.78, 5) is 17.1. The number of hydrogen-bond acceptors (Lipinski definition) is 3. The molecule has 0 spiro atoms. The first-order chi connectivity index (χ1) is 9.16. The number of rotatable bonds is 2. The fourth-order valence-electron chi connectivity index (χ4n) is 4.06. The highest BCUT2D eigenvalue weighted by atomic mass is 16.2. The summed E-state index contributed by atoms with van der Waals surface area (Å²) < 4.78 is 0. The van der Waals surface area contributed by atoms with Gasteiger partial charge in [-0.3, -0.25) is 9.69 Å². The molecule has 3 rings (SSSR count). The van der Waals surface area contributed by atoms with Crippen molar-refractivity contribution in [1.82, 2.24) is 9.80 Å². The van der Waals surface area contributed by atoms with Crippen LogP contribution in [-0.4, -0.2) is 53.5 Å². The van der Waals surface area contributed by atoms with E-state index in [9.17, 15) is 4.79 Å². The SMILES string of the molecule is NC1(CC(=O)N2CCN3CCCC3C2)CCCCC1. The summed E-state index contributed by atoms with van der Waals surface area (Å²) in [7, 11) is 0. The van der Waals surface area contributed by atoms with Crippen molar-refractivity contribution in [3.8, 4) is 0 Å². The van der Waals surface area contributed by atoms with Gasteiger partial charge in [-0.25, -0.2) is 0 Å². The first kappa shape index (κ1) is 13.4. The third kappa shape index (κ3) is 2.95. The van der Waals surface area contributed by atoms with Gasteiger partial charge in [0.15, 0.2) is 0 Å². The number of nitrogens with zero attached hydrogens (tertiary/aromatic N) is 2. The van der Waals surface area contributed by atoms with Crippen LogP contribution in [0.15, 0.2) is 0 Å². The van der Waals surface area contributed by atoms with E-state index in [4.69, 9.17) is 5.73 Å². The number of amides is 1. The van der Waals surface area contributed by atoms with Gasteiger partial charge in [0.05, 0.1) is 0 Å². The highest BCUT2D eigenvalue weighted by molar-refractivity contribution is 5.77. The average molecular weight is 265 g/mol. The Morgan fingerprint density at radius 2 is 1.89 bits per heavy atom. The molecule has 2 heterocycles. The molecule has 2 saturated heterocycles. The molecular formula is C15H27N3O. The van der Waals surface area contributed by atoms with Crippen molar-refractivity contribution in [2.24, 2.45) is 5.73 Å². The van der Waals surface area contributed by atoms with E-state index in [0.29, 0.717) is 18.4 Å². The zero-order valence-corrected chi connectivity index (χ0v) is 11.9. The van der Waals surface area contributed by atoms with Crippen LogP contribution in [0.5, 0.6) is 0 Å². The Labute approximate surface area is 116 Å². The monoisotopic (exact) mass is 265 g/mol. The van der Waals surface area contributed by atoms with Crippen molar-refractivity contribution in [2.45, 2.75) is 62.9 Å². The quantitative estimate of drug-likeness (QED) is 0.820. The maximum absolute atomic E-state index is 12.5. The lowest BCUT2D eigenvalue weighted by Gasteiger charge is -2.40. The molecule has 1 atom stereocenters. The molecule has 0 aromatic rings. The summed E-state index contributed by atoms with van der Waals surface area (Å²) >= 11 is 0. The summed E-state index contributed by atoms with van der Waals surface area (Å²) in [6, 6.07) is 0.623. The van der Waals surface area contributed by atoms with Crippen LogP contribution in [0.2, 0.25) is 0 Å². The van der Waals surface area contributed by atoms with Crippen LogP contribution in [0.3, 0.4) is 0 Å². The van der Waals surface area contributed by atoms with E-state index in [2.05, 4.69) is 9.80 Å². The number of nitrogens with two attached hydrogens (primary N) is 1. The van der Waals surface area contributed by atoms with Crippen molar-refractivity contribution in [3.05, 3.63) is 0 Å². The van der Waals surface area contributed by atoms with E-state index in [0.717, 1.165) is 32.5 Å². The number of fused-ring (bicyclic) bond motifs is 1. The van der Waals surface area contributed by atoms with Crippen LogP contribution >= 0.6 is 0 Å². The molecule has 1 saturated carbocycles. The predicted molar refractivity (Wildman–Crippen MR) is 75.8 cm³/mol. The number of piperazine rings is 1. The molecule has 2 aliphatic heterocycles. The number of carbonyl (C=O) groups excluding carboxylic acids is 1. The molecule has 0 bridgehead atoms. The molecular weight excluding hydrogens is 238 g/mol. The molecule has 19 heavy (non-hydrogen) atoms. The Morgan fingerprint density at radius 1 is 1.11 bits per heavy atom. The van der Waals surface area contributed by atoms with Crippen molar-refractivity contribution < 1.29 is 4.79 Å². The summed E-state index contributed by atoms with van der Waals surface area (Å²) in [6.07, 6.45) is 8.86. The Kier molecular flexibility index (Phi) is 3.81. The molecule has 1 unspecified atom stereocenters. The average Bonchev–Trinajstić information content (AvgIpc) is 2.86. The van der Waals surface area contributed by atoms with Crippen molar-refractivity contribution in [1.29, 1.82) is 0 Å². The largest absolute Gasteiger partial charge is 0.340 e. The van der Waals surface area contributed by atoms with Gasteiger partial charge in [0.2, 0.25) is 5.91 Å². The number of carbonyl (C=O) groups is 1. The fourth-order valence-corrected chi connectivity index (χ4v) is 4.06. The predicted octanol–water partition coefficient (Wildman–Crippen LogP) is 1.34. The van der Waals surface area contributed by atoms with Crippen LogP contribution in [0.1, 0.15) is 51.4 Å². The molecule has 3 aliphatic rings. The second-order valence-corrected chi connectivity index (χ2v) is 6.77. The van der Waals surface area contributed by atoms with Gasteiger partial charge in [-0.05, 0) is 32.2 Å². The van der Waals surface area contributed by atoms with Gasteiger partial charge in [-0.15, -0.1) is 0 Å². The zero-order chi connectivity index (χ0) is 13.3. The Balaban J connectivity index is 1.55. The highest BCUT2D eigenvalue weighted by Gasteiger charge is 2.36. The van der Waals surface area contributed by atoms with Crippen LogP contribution < -0.4 is 5.73 Å². The van der Waals surface area contributed by atoms with E-state index in [1.165, 1.54) is 38.6 Å². The summed E-state index contributed by atoms with van der Waals surface area (Å²) in [5, 5.41) is 0. The first-order valence-electron chi connectivity index (χ1n) is 7.97. The molecule has 1 amide bonds. The van der Waals surface area contributed by atoms with E-state index in [1.807, 2.05) is 0 Å². The smallest absolute Gasteiger partial charge is 0.224 e. The van der Waals surface area contributed by atoms with Gasteiger partial charge < -0.3 is 10.6 Å². The van der Waals surface area contributed by atoms with Crippen LogP contribution in [-0.2, 0) is 4.79 Å². The van der Waals surface area contributed by atoms with Crippen LogP contribution in [0, 0.1) is 0 Å². The lowest BCUT2D eigenvalue weighted by Crippen LogP contribution is -2.54. The molecule has 4 heteroatoms. The fraction of sp³-hybridized carbons (Fsp3) is 0.933. The summed E-state index contributed by atoms with van der Waals surface area (Å²) in [6.45, 7) is 4.14. The van der Waals surface area contributed by atoms with Gasteiger partial charge in [0.1, 0.15) is 0 Å². The zero-order valence-electron chi connectivity index (χ0n) is 11.9. The maximum Gasteiger partial charge on any atom is 0.224 e. The molecule has 2 N–H and O–H groups in total. The topological polar surface area (TPSA) is 49.6 Å². The third-order valence-electron chi connectivity index (χ3n) is 5.29. The van der Waals surface area contributed by atoms with Gasteiger partial charge in [-0.2, -0.15) is 0 Å². The van der Waals surface area contributed by atoms with Crippen molar-refractivity contribution in [3.63, 3.8) is 0 Å². The number of hydrogen-bond donors (Lipinski definition) is 1. The molecule has 108 valence electrons. The molecule has 3 fully saturated rings. The molecule has 4 nitrogen and oxygen atoms in total. The highest BCUT2D eigenvalue weighted by Crippen LogP contribution is 2.30. The first-order valence-corrected chi connectivity index (χ1v) is 7.97. The summed E-state index contributed by atoms with van der Waals surface area (Å²) in [5.74, 6) is 0.302. The molecule has 1 aliphatic carbocycles. The van der Waals surface area contributed by atoms with Crippen LogP contribution in [0.25, 0.3) is 0 Å². The molecule has 0 aromatic carbocycles. The Hall–Kier alpha value is -0.610. The lowest BCUT2D eigenvalue weighted by atomic mass is 9.80. The van der Waals surface area contributed by atoms with Gasteiger partial charge in [0, 0.05) is 37.6 Å². The van der Waals surface area contributed by atoms with E-state index >= 15 is 0 Å². The molecule has 0 radical (unpaired) electrons. The maximum atomic E-state index is 12.5. The minimum atomic E-state index is -0.206. The van der Waals surface area contributed by atoms with Gasteiger partial charge >= 0.3 is 0 Å². The van der Waals surface area contributed by atoms with Crippen molar-refractivity contribution in [2.75, 3.05) is 26.2 Å². The minimum Gasteiger partial charge on any atom is -0.340 e. The lowest BCUT2D eigenvalue weighted by molar-refractivity contribution is -0.135. The second kappa shape index (κ2) is 5.41. The Morgan fingerprint density at radius 3 is 2.68 bits per heavy atom. The van der Waals surface area contributed by atoms with E-state index in [1.54, 1.807) is 0 Å².